The maximum atomic E-state index is 13.5. The summed E-state index contributed by atoms with van der Waals surface area (Å²) in [6.45, 7) is 3.53. The number of nitrogens with zero attached hydrogens (tertiary/aromatic N) is 1. The quantitative estimate of drug-likeness (QED) is 0.774. The first-order valence-corrected chi connectivity index (χ1v) is 7.63. The van der Waals surface area contributed by atoms with Crippen LogP contribution in [-0.4, -0.2) is 37.7 Å². The summed E-state index contributed by atoms with van der Waals surface area (Å²) < 4.78 is 19.0. The summed E-state index contributed by atoms with van der Waals surface area (Å²) in [6, 6.07) is 16.8. The zero-order chi connectivity index (χ0) is 15.6. The fourth-order valence-electron chi connectivity index (χ4n) is 2.30. The van der Waals surface area contributed by atoms with Crippen molar-refractivity contribution in [3.05, 3.63) is 66.0 Å². The zero-order valence-electron chi connectivity index (χ0n) is 12.7. The van der Waals surface area contributed by atoms with Gasteiger partial charge in [0.15, 0.2) is 11.6 Å². The molecule has 0 aliphatic heterocycles. The van der Waals surface area contributed by atoms with Gasteiger partial charge < -0.3 is 10.5 Å². The van der Waals surface area contributed by atoms with E-state index in [1.54, 1.807) is 18.2 Å². The van der Waals surface area contributed by atoms with Crippen LogP contribution in [0.5, 0.6) is 5.75 Å². The monoisotopic (exact) mass is 302 g/mol. The van der Waals surface area contributed by atoms with Crippen LogP contribution in [0, 0.1) is 5.82 Å². The summed E-state index contributed by atoms with van der Waals surface area (Å²) in [5.74, 6) is -0.0181. The van der Waals surface area contributed by atoms with Gasteiger partial charge in [-0.05, 0) is 24.1 Å². The van der Waals surface area contributed by atoms with Crippen LogP contribution in [0.1, 0.15) is 5.56 Å². The van der Waals surface area contributed by atoms with Crippen molar-refractivity contribution in [1.29, 1.82) is 0 Å². The summed E-state index contributed by atoms with van der Waals surface area (Å²) in [4.78, 5) is 2.24. The summed E-state index contributed by atoms with van der Waals surface area (Å²) >= 11 is 0. The van der Waals surface area contributed by atoms with Crippen molar-refractivity contribution in [2.75, 3.05) is 32.8 Å². The molecular formula is C18H23FN2O. The Labute approximate surface area is 131 Å². The lowest BCUT2D eigenvalue weighted by atomic mass is 10.1. The van der Waals surface area contributed by atoms with E-state index in [0.717, 1.165) is 26.1 Å². The second-order valence-electron chi connectivity index (χ2n) is 5.14. The first-order chi connectivity index (χ1) is 10.8. The molecular weight excluding hydrogens is 279 g/mol. The molecule has 0 spiro atoms. The standard InChI is InChI=1S/C18H23FN2O/c19-17-8-4-5-9-18(17)22-15-14-21(13-11-20)12-10-16-6-2-1-3-7-16/h1-9H,10-15,20H2. The van der Waals surface area contributed by atoms with Crippen LogP contribution in [0.3, 0.4) is 0 Å². The third-order valence-corrected chi connectivity index (χ3v) is 3.51. The predicted octanol–water partition coefficient (Wildman–Crippen LogP) is 2.71. The summed E-state index contributed by atoms with van der Waals surface area (Å²) in [7, 11) is 0. The Morgan fingerprint density at radius 3 is 2.36 bits per heavy atom. The SMILES string of the molecule is NCCN(CCOc1ccccc1F)CCc1ccccc1. The first kappa shape index (κ1) is 16.5. The van der Waals surface area contributed by atoms with Crippen LogP contribution in [0.25, 0.3) is 0 Å². The number of para-hydroxylation sites is 1. The molecule has 0 atom stereocenters. The lowest BCUT2D eigenvalue weighted by Crippen LogP contribution is -2.34. The van der Waals surface area contributed by atoms with Crippen LogP contribution >= 0.6 is 0 Å². The molecule has 0 amide bonds. The van der Waals surface area contributed by atoms with E-state index in [1.165, 1.54) is 11.6 Å². The molecule has 2 aromatic carbocycles. The molecule has 0 fully saturated rings. The van der Waals surface area contributed by atoms with Gasteiger partial charge in [0.2, 0.25) is 0 Å². The molecule has 0 heterocycles. The van der Waals surface area contributed by atoms with Crippen LogP contribution < -0.4 is 10.5 Å². The second kappa shape index (κ2) is 9.18. The Morgan fingerprint density at radius 2 is 1.64 bits per heavy atom. The van der Waals surface area contributed by atoms with Gasteiger partial charge >= 0.3 is 0 Å². The highest BCUT2D eigenvalue weighted by molar-refractivity contribution is 5.23. The number of rotatable bonds is 9. The minimum absolute atomic E-state index is 0.304. The molecule has 0 aromatic heterocycles. The zero-order valence-corrected chi connectivity index (χ0v) is 12.7. The lowest BCUT2D eigenvalue weighted by molar-refractivity contribution is 0.209. The van der Waals surface area contributed by atoms with E-state index < -0.39 is 0 Å². The van der Waals surface area contributed by atoms with Crippen molar-refractivity contribution in [3.63, 3.8) is 0 Å². The predicted molar refractivity (Wildman–Crippen MR) is 87.5 cm³/mol. The number of ether oxygens (including phenoxy) is 1. The molecule has 2 aromatic rings. The fourth-order valence-corrected chi connectivity index (χ4v) is 2.30. The van der Waals surface area contributed by atoms with Crippen molar-refractivity contribution in [1.82, 2.24) is 4.90 Å². The minimum Gasteiger partial charge on any atom is -0.489 e. The average molecular weight is 302 g/mol. The highest BCUT2D eigenvalue weighted by Crippen LogP contribution is 2.15. The number of benzene rings is 2. The van der Waals surface area contributed by atoms with E-state index >= 15 is 0 Å². The molecule has 0 aliphatic carbocycles. The molecule has 2 N–H and O–H groups in total. The van der Waals surface area contributed by atoms with Crippen molar-refractivity contribution in [3.8, 4) is 5.75 Å². The fraction of sp³-hybridized carbons (Fsp3) is 0.333. The minimum atomic E-state index is -0.322. The van der Waals surface area contributed by atoms with E-state index in [-0.39, 0.29) is 5.82 Å². The Bertz CT molecular complexity index is 548. The van der Waals surface area contributed by atoms with E-state index in [9.17, 15) is 4.39 Å². The van der Waals surface area contributed by atoms with Crippen molar-refractivity contribution in [2.45, 2.75) is 6.42 Å². The summed E-state index contributed by atoms with van der Waals surface area (Å²) in [5, 5.41) is 0. The third-order valence-electron chi connectivity index (χ3n) is 3.51. The lowest BCUT2D eigenvalue weighted by Gasteiger charge is -2.21. The van der Waals surface area contributed by atoms with Crippen molar-refractivity contribution >= 4 is 0 Å². The molecule has 0 aliphatic rings. The molecule has 0 saturated carbocycles. The Kier molecular flexibility index (Phi) is 6.87. The van der Waals surface area contributed by atoms with Gasteiger partial charge in [0.1, 0.15) is 6.61 Å². The Hall–Kier alpha value is -1.91. The first-order valence-electron chi connectivity index (χ1n) is 7.63. The smallest absolute Gasteiger partial charge is 0.165 e. The van der Waals surface area contributed by atoms with Crippen LogP contribution in [-0.2, 0) is 6.42 Å². The van der Waals surface area contributed by atoms with E-state index in [1.807, 2.05) is 18.2 Å². The topological polar surface area (TPSA) is 38.5 Å². The maximum absolute atomic E-state index is 13.5. The molecule has 3 nitrogen and oxygen atoms in total. The van der Waals surface area contributed by atoms with Gasteiger partial charge in [-0.1, -0.05) is 42.5 Å². The molecule has 0 saturated heterocycles. The largest absolute Gasteiger partial charge is 0.489 e. The van der Waals surface area contributed by atoms with Gasteiger partial charge in [-0.2, -0.15) is 0 Å². The van der Waals surface area contributed by atoms with E-state index in [2.05, 4.69) is 17.0 Å². The molecule has 118 valence electrons. The van der Waals surface area contributed by atoms with Gasteiger partial charge in [-0.25, -0.2) is 4.39 Å². The van der Waals surface area contributed by atoms with Gasteiger partial charge in [-0.15, -0.1) is 0 Å². The highest BCUT2D eigenvalue weighted by atomic mass is 19.1. The summed E-state index contributed by atoms with van der Waals surface area (Å²) in [6.07, 6.45) is 0.973. The van der Waals surface area contributed by atoms with Crippen LogP contribution in [0.4, 0.5) is 4.39 Å². The number of halogens is 1. The molecule has 0 bridgehead atoms. The van der Waals surface area contributed by atoms with Crippen molar-refractivity contribution < 1.29 is 9.13 Å². The Morgan fingerprint density at radius 1 is 0.909 bits per heavy atom. The van der Waals surface area contributed by atoms with Gasteiger partial charge in [0.05, 0.1) is 0 Å². The number of hydrogen-bond acceptors (Lipinski definition) is 3. The highest BCUT2D eigenvalue weighted by Gasteiger charge is 2.06. The van der Waals surface area contributed by atoms with Gasteiger partial charge in [0.25, 0.3) is 0 Å². The van der Waals surface area contributed by atoms with E-state index in [0.29, 0.717) is 18.9 Å². The number of nitrogens with two attached hydrogens (primary N) is 1. The maximum Gasteiger partial charge on any atom is 0.165 e. The molecule has 22 heavy (non-hydrogen) atoms. The number of hydrogen-bond donors (Lipinski definition) is 1. The summed E-state index contributed by atoms with van der Waals surface area (Å²) in [5.41, 5.74) is 6.97. The third kappa shape index (κ3) is 5.47. The molecule has 2 rings (SSSR count). The molecule has 4 heteroatoms. The average Bonchev–Trinajstić information content (AvgIpc) is 2.55. The van der Waals surface area contributed by atoms with Crippen molar-refractivity contribution in [2.24, 2.45) is 5.73 Å². The second-order valence-corrected chi connectivity index (χ2v) is 5.14. The molecule has 0 unspecified atom stereocenters. The van der Waals surface area contributed by atoms with Crippen LogP contribution in [0.2, 0.25) is 0 Å². The normalized spacial score (nSPS) is 10.9. The van der Waals surface area contributed by atoms with Crippen LogP contribution in [0.15, 0.2) is 54.6 Å². The molecule has 0 radical (unpaired) electrons. The van der Waals surface area contributed by atoms with Gasteiger partial charge in [0, 0.05) is 26.2 Å². The Balaban J connectivity index is 1.77. The van der Waals surface area contributed by atoms with Gasteiger partial charge in [-0.3, -0.25) is 4.90 Å². The van der Waals surface area contributed by atoms with E-state index in [4.69, 9.17) is 10.5 Å².